The molecule has 5 nitrogen and oxygen atoms in total. The van der Waals surface area contributed by atoms with Crippen molar-refractivity contribution in [2.45, 2.75) is 52.0 Å². The monoisotopic (exact) mass is 317 g/mol. The van der Waals surface area contributed by atoms with Gasteiger partial charge in [-0.15, -0.1) is 0 Å². The van der Waals surface area contributed by atoms with Crippen molar-refractivity contribution >= 4 is 23.2 Å². The molecule has 1 aliphatic rings. The van der Waals surface area contributed by atoms with Crippen LogP contribution in [0.2, 0.25) is 0 Å². The Bertz CT molecular complexity index is 540. The lowest BCUT2D eigenvalue weighted by Gasteiger charge is -2.15. The minimum atomic E-state index is 0.00365. The van der Waals surface area contributed by atoms with E-state index in [1.54, 1.807) is 24.3 Å². The van der Waals surface area contributed by atoms with E-state index in [9.17, 15) is 9.59 Å². The second-order valence-electron chi connectivity index (χ2n) is 6.83. The van der Waals surface area contributed by atoms with Gasteiger partial charge in [-0.3, -0.25) is 9.59 Å². The van der Waals surface area contributed by atoms with Gasteiger partial charge in [0.15, 0.2) is 0 Å². The van der Waals surface area contributed by atoms with Crippen molar-refractivity contribution in [1.29, 1.82) is 0 Å². The number of carbonyl (C=O) groups excluding carboxylic acids is 2. The first-order valence-corrected chi connectivity index (χ1v) is 8.39. The number of nitrogens with two attached hydrogens (primary N) is 1. The van der Waals surface area contributed by atoms with E-state index >= 15 is 0 Å². The molecule has 0 spiro atoms. The molecule has 0 unspecified atom stereocenters. The highest BCUT2D eigenvalue weighted by atomic mass is 16.2. The summed E-state index contributed by atoms with van der Waals surface area (Å²) >= 11 is 0. The van der Waals surface area contributed by atoms with Gasteiger partial charge in [-0.25, -0.2) is 0 Å². The zero-order chi connectivity index (χ0) is 16.8. The third-order valence-electron chi connectivity index (χ3n) is 4.21. The fraction of sp³-hybridized carbons (Fsp3) is 0.556. The Morgan fingerprint density at radius 2 is 1.65 bits per heavy atom. The molecule has 1 aromatic rings. The summed E-state index contributed by atoms with van der Waals surface area (Å²) in [7, 11) is 0. The Labute approximate surface area is 138 Å². The zero-order valence-electron chi connectivity index (χ0n) is 14.0. The van der Waals surface area contributed by atoms with Crippen LogP contribution in [-0.2, 0) is 9.59 Å². The van der Waals surface area contributed by atoms with E-state index in [-0.39, 0.29) is 17.9 Å². The van der Waals surface area contributed by atoms with Crippen LogP contribution in [0.4, 0.5) is 11.4 Å². The molecule has 126 valence electrons. The molecular weight excluding hydrogens is 290 g/mol. The third-order valence-corrected chi connectivity index (χ3v) is 4.21. The lowest BCUT2D eigenvalue weighted by molar-refractivity contribution is -0.117. The van der Waals surface area contributed by atoms with Crippen LogP contribution in [0.3, 0.4) is 0 Å². The summed E-state index contributed by atoms with van der Waals surface area (Å²) in [5.41, 5.74) is 7.48. The first-order chi connectivity index (χ1) is 10.9. The number of rotatable bonds is 6. The van der Waals surface area contributed by atoms with Gasteiger partial charge in [0.2, 0.25) is 11.8 Å². The van der Waals surface area contributed by atoms with Crippen LogP contribution in [0, 0.1) is 11.8 Å². The Balaban J connectivity index is 1.82. The maximum atomic E-state index is 12.1. The van der Waals surface area contributed by atoms with E-state index in [1.165, 1.54) is 0 Å². The van der Waals surface area contributed by atoms with Crippen LogP contribution in [0.25, 0.3) is 0 Å². The summed E-state index contributed by atoms with van der Waals surface area (Å²) < 4.78 is 0. The molecule has 1 aliphatic carbocycles. The SMILES string of the molecule is CC(C)CC(=O)Nc1ccc(NC(=O)C[C@@H]2CCC[C@H]2N)cc1. The van der Waals surface area contributed by atoms with Crippen molar-refractivity contribution in [3.63, 3.8) is 0 Å². The molecule has 0 aliphatic heterocycles. The molecule has 2 amide bonds. The highest BCUT2D eigenvalue weighted by molar-refractivity contribution is 5.93. The minimum Gasteiger partial charge on any atom is -0.327 e. The van der Waals surface area contributed by atoms with Gasteiger partial charge < -0.3 is 16.4 Å². The number of nitrogens with one attached hydrogen (secondary N) is 2. The maximum Gasteiger partial charge on any atom is 0.224 e. The second-order valence-corrected chi connectivity index (χ2v) is 6.83. The highest BCUT2D eigenvalue weighted by Gasteiger charge is 2.25. The molecule has 1 fully saturated rings. The molecule has 0 saturated heterocycles. The molecule has 1 saturated carbocycles. The summed E-state index contributed by atoms with van der Waals surface area (Å²) in [6.07, 6.45) is 4.15. The van der Waals surface area contributed by atoms with E-state index in [2.05, 4.69) is 10.6 Å². The fourth-order valence-corrected chi connectivity index (χ4v) is 2.99. The van der Waals surface area contributed by atoms with Crippen molar-refractivity contribution in [1.82, 2.24) is 0 Å². The second kappa shape index (κ2) is 8.11. The summed E-state index contributed by atoms with van der Waals surface area (Å²) in [6.45, 7) is 4.02. The molecule has 0 bridgehead atoms. The van der Waals surface area contributed by atoms with E-state index in [4.69, 9.17) is 5.73 Å². The summed E-state index contributed by atoms with van der Waals surface area (Å²) in [4.78, 5) is 23.8. The first kappa shape index (κ1) is 17.5. The van der Waals surface area contributed by atoms with Gasteiger partial charge in [-0.1, -0.05) is 20.3 Å². The standard InChI is InChI=1S/C18H27N3O2/c1-12(2)10-17(22)20-14-6-8-15(9-7-14)21-18(23)11-13-4-3-5-16(13)19/h6-9,12-13,16H,3-5,10-11,19H2,1-2H3,(H,20,22)(H,21,23)/t13-,16+/m0/s1. The Hall–Kier alpha value is -1.88. The van der Waals surface area contributed by atoms with Crippen molar-refractivity contribution in [3.05, 3.63) is 24.3 Å². The van der Waals surface area contributed by atoms with Gasteiger partial charge in [-0.05, 0) is 48.9 Å². The number of benzene rings is 1. The highest BCUT2D eigenvalue weighted by Crippen LogP contribution is 2.27. The Morgan fingerprint density at radius 3 is 2.13 bits per heavy atom. The summed E-state index contributed by atoms with van der Waals surface area (Å²) in [5.74, 6) is 0.635. The number of hydrogen-bond acceptors (Lipinski definition) is 3. The Kier molecular flexibility index (Phi) is 6.16. The van der Waals surface area contributed by atoms with Gasteiger partial charge in [0.05, 0.1) is 0 Å². The lowest BCUT2D eigenvalue weighted by atomic mass is 10.00. The maximum absolute atomic E-state index is 12.1. The lowest BCUT2D eigenvalue weighted by Crippen LogP contribution is -2.28. The van der Waals surface area contributed by atoms with Crippen LogP contribution >= 0.6 is 0 Å². The molecule has 2 rings (SSSR count). The van der Waals surface area contributed by atoms with Crippen LogP contribution < -0.4 is 16.4 Å². The molecular formula is C18H27N3O2. The third kappa shape index (κ3) is 5.67. The molecule has 23 heavy (non-hydrogen) atoms. The minimum absolute atomic E-state index is 0.00365. The normalized spacial score (nSPS) is 20.5. The smallest absolute Gasteiger partial charge is 0.224 e. The van der Waals surface area contributed by atoms with Crippen molar-refractivity contribution in [2.75, 3.05) is 10.6 Å². The largest absolute Gasteiger partial charge is 0.327 e. The number of amides is 2. The van der Waals surface area contributed by atoms with Gasteiger partial charge in [0, 0.05) is 30.3 Å². The molecule has 5 heteroatoms. The summed E-state index contributed by atoms with van der Waals surface area (Å²) in [6, 6.07) is 7.36. The predicted octanol–water partition coefficient (Wildman–Crippen LogP) is 3.13. The van der Waals surface area contributed by atoms with Gasteiger partial charge in [0.1, 0.15) is 0 Å². The van der Waals surface area contributed by atoms with Gasteiger partial charge >= 0.3 is 0 Å². The molecule has 0 radical (unpaired) electrons. The Morgan fingerprint density at radius 1 is 1.09 bits per heavy atom. The quantitative estimate of drug-likeness (QED) is 0.753. The topological polar surface area (TPSA) is 84.2 Å². The van der Waals surface area contributed by atoms with Crippen LogP contribution in [-0.4, -0.2) is 17.9 Å². The molecule has 4 N–H and O–H groups in total. The molecule has 1 aromatic carbocycles. The number of anilines is 2. The van der Waals surface area contributed by atoms with Crippen LogP contribution in [0.5, 0.6) is 0 Å². The fourth-order valence-electron chi connectivity index (χ4n) is 2.99. The van der Waals surface area contributed by atoms with E-state index in [0.29, 0.717) is 24.7 Å². The molecule has 2 atom stereocenters. The molecule has 0 aromatic heterocycles. The van der Waals surface area contributed by atoms with Crippen molar-refractivity contribution < 1.29 is 9.59 Å². The zero-order valence-corrected chi connectivity index (χ0v) is 14.0. The average Bonchev–Trinajstić information content (AvgIpc) is 2.85. The van der Waals surface area contributed by atoms with Crippen molar-refractivity contribution in [2.24, 2.45) is 17.6 Å². The first-order valence-electron chi connectivity index (χ1n) is 8.39. The van der Waals surface area contributed by atoms with Crippen LogP contribution in [0.15, 0.2) is 24.3 Å². The van der Waals surface area contributed by atoms with Gasteiger partial charge in [0.25, 0.3) is 0 Å². The predicted molar refractivity (Wildman–Crippen MR) is 93.1 cm³/mol. The van der Waals surface area contributed by atoms with Crippen molar-refractivity contribution in [3.8, 4) is 0 Å². The summed E-state index contributed by atoms with van der Waals surface area (Å²) in [5, 5.41) is 5.75. The number of hydrogen-bond donors (Lipinski definition) is 3. The van der Waals surface area contributed by atoms with E-state index in [0.717, 1.165) is 30.6 Å². The van der Waals surface area contributed by atoms with Gasteiger partial charge in [-0.2, -0.15) is 0 Å². The average molecular weight is 317 g/mol. The van der Waals surface area contributed by atoms with Crippen LogP contribution in [0.1, 0.15) is 46.0 Å². The number of carbonyl (C=O) groups is 2. The van der Waals surface area contributed by atoms with E-state index < -0.39 is 0 Å². The molecule has 0 heterocycles. The van der Waals surface area contributed by atoms with E-state index in [1.807, 2.05) is 13.8 Å².